The maximum Gasteiger partial charge on any atom is 0.315 e. The lowest BCUT2D eigenvalue weighted by Crippen LogP contribution is -2.41. The van der Waals surface area contributed by atoms with Gasteiger partial charge in [-0.15, -0.1) is 11.3 Å². The SMILES string of the molecule is Cc1csc([C@@H](NC(=O)NC[C@@H]2CCN(C3CC3)C2)C2CC2)n1. The van der Waals surface area contributed by atoms with Crippen LogP contribution in [0.25, 0.3) is 0 Å². The highest BCUT2D eigenvalue weighted by molar-refractivity contribution is 7.09. The van der Waals surface area contributed by atoms with E-state index in [9.17, 15) is 4.79 Å². The summed E-state index contributed by atoms with van der Waals surface area (Å²) < 4.78 is 0. The molecular weight excluding hydrogens is 308 g/mol. The average molecular weight is 334 g/mol. The van der Waals surface area contributed by atoms with Crippen LogP contribution in [0.1, 0.15) is 48.8 Å². The first-order chi connectivity index (χ1) is 11.2. The summed E-state index contributed by atoms with van der Waals surface area (Å²) in [5.74, 6) is 1.19. The largest absolute Gasteiger partial charge is 0.338 e. The second-order valence-electron chi connectivity index (χ2n) is 7.38. The standard InChI is InChI=1S/C17H26N4OS/c1-11-10-23-16(19-11)15(13-2-3-13)20-17(22)18-8-12-6-7-21(9-12)14-4-5-14/h10,12-15H,2-9H2,1H3,(H2,18,20,22)/t12-,15-/m0/s1. The van der Waals surface area contributed by atoms with Crippen LogP contribution in [0, 0.1) is 18.8 Å². The fourth-order valence-corrected chi connectivity index (χ4v) is 4.49. The van der Waals surface area contributed by atoms with Crippen LogP contribution in [-0.4, -0.2) is 41.6 Å². The van der Waals surface area contributed by atoms with Crippen molar-refractivity contribution in [3.05, 3.63) is 16.1 Å². The van der Waals surface area contributed by atoms with Crippen molar-refractivity contribution in [2.75, 3.05) is 19.6 Å². The molecule has 2 saturated carbocycles. The van der Waals surface area contributed by atoms with Gasteiger partial charge in [0.2, 0.25) is 0 Å². The molecule has 0 unspecified atom stereocenters. The number of carbonyl (C=O) groups is 1. The summed E-state index contributed by atoms with van der Waals surface area (Å²) in [6.07, 6.45) is 6.35. The monoisotopic (exact) mass is 334 g/mol. The molecule has 1 saturated heterocycles. The van der Waals surface area contributed by atoms with Crippen molar-refractivity contribution in [1.29, 1.82) is 0 Å². The van der Waals surface area contributed by atoms with Crippen LogP contribution >= 0.6 is 11.3 Å². The number of hydrogen-bond donors (Lipinski definition) is 2. The molecule has 4 rings (SSSR count). The summed E-state index contributed by atoms with van der Waals surface area (Å²) in [5.41, 5.74) is 1.05. The van der Waals surface area contributed by atoms with Gasteiger partial charge in [0.05, 0.1) is 6.04 Å². The lowest BCUT2D eigenvalue weighted by molar-refractivity contribution is 0.233. The molecule has 2 N–H and O–H groups in total. The third-order valence-electron chi connectivity index (χ3n) is 5.21. The second-order valence-corrected chi connectivity index (χ2v) is 8.27. The Bertz CT molecular complexity index is 567. The van der Waals surface area contributed by atoms with Crippen molar-refractivity contribution >= 4 is 17.4 Å². The van der Waals surface area contributed by atoms with Gasteiger partial charge in [-0.1, -0.05) is 0 Å². The zero-order valence-corrected chi connectivity index (χ0v) is 14.6. The van der Waals surface area contributed by atoms with Crippen molar-refractivity contribution < 1.29 is 4.79 Å². The van der Waals surface area contributed by atoms with E-state index in [4.69, 9.17) is 0 Å². The van der Waals surface area contributed by atoms with Crippen LogP contribution in [0.3, 0.4) is 0 Å². The zero-order valence-electron chi connectivity index (χ0n) is 13.8. The van der Waals surface area contributed by atoms with E-state index >= 15 is 0 Å². The topological polar surface area (TPSA) is 57.3 Å². The highest BCUT2D eigenvalue weighted by Gasteiger charge is 2.36. The van der Waals surface area contributed by atoms with Gasteiger partial charge in [-0.25, -0.2) is 9.78 Å². The van der Waals surface area contributed by atoms with Gasteiger partial charge >= 0.3 is 6.03 Å². The minimum absolute atomic E-state index is 0.0281. The lowest BCUT2D eigenvalue weighted by Gasteiger charge is -2.18. The minimum atomic E-state index is -0.0281. The summed E-state index contributed by atoms with van der Waals surface area (Å²) in [7, 11) is 0. The molecule has 2 amide bonds. The van der Waals surface area contributed by atoms with Crippen molar-refractivity contribution in [2.24, 2.45) is 11.8 Å². The van der Waals surface area contributed by atoms with E-state index in [1.807, 2.05) is 6.92 Å². The van der Waals surface area contributed by atoms with Gasteiger partial charge < -0.3 is 15.5 Å². The number of rotatable bonds is 6. The van der Waals surface area contributed by atoms with Gasteiger partial charge in [0.1, 0.15) is 5.01 Å². The van der Waals surface area contributed by atoms with Gasteiger partial charge in [0.15, 0.2) is 0 Å². The Labute approximate surface area is 141 Å². The Balaban J connectivity index is 1.25. The van der Waals surface area contributed by atoms with Crippen LogP contribution in [0.5, 0.6) is 0 Å². The fraction of sp³-hybridized carbons (Fsp3) is 0.765. The molecular formula is C17H26N4OS. The van der Waals surface area contributed by atoms with Gasteiger partial charge in [-0.05, 0) is 57.4 Å². The van der Waals surface area contributed by atoms with Crippen molar-refractivity contribution in [2.45, 2.75) is 51.1 Å². The number of nitrogens with one attached hydrogen (secondary N) is 2. The van der Waals surface area contributed by atoms with E-state index in [0.717, 1.165) is 29.8 Å². The molecule has 1 aromatic heterocycles. The lowest BCUT2D eigenvalue weighted by atomic mass is 10.1. The van der Waals surface area contributed by atoms with Crippen LogP contribution in [-0.2, 0) is 0 Å². The Kier molecular flexibility index (Phi) is 4.28. The summed E-state index contributed by atoms with van der Waals surface area (Å²) in [6, 6.07) is 0.918. The highest BCUT2D eigenvalue weighted by atomic mass is 32.1. The van der Waals surface area contributed by atoms with Gasteiger partial charge in [-0.3, -0.25) is 0 Å². The molecule has 3 fully saturated rings. The number of carbonyl (C=O) groups excluding carboxylic acids is 1. The molecule has 2 aliphatic carbocycles. The zero-order chi connectivity index (χ0) is 15.8. The Hall–Kier alpha value is -1.14. The number of amides is 2. The third kappa shape index (κ3) is 3.86. The van der Waals surface area contributed by atoms with Crippen molar-refractivity contribution in [3.63, 3.8) is 0 Å². The predicted octanol–water partition coefficient (Wildman–Crippen LogP) is 2.69. The van der Waals surface area contributed by atoms with E-state index in [1.165, 1.54) is 38.6 Å². The number of hydrogen-bond acceptors (Lipinski definition) is 4. The smallest absolute Gasteiger partial charge is 0.315 e. The van der Waals surface area contributed by atoms with Crippen LogP contribution in [0.4, 0.5) is 4.79 Å². The molecule has 0 aromatic carbocycles. The molecule has 0 bridgehead atoms. The Morgan fingerprint density at radius 3 is 2.87 bits per heavy atom. The number of urea groups is 1. The summed E-state index contributed by atoms with van der Waals surface area (Å²) >= 11 is 1.66. The fourth-order valence-electron chi connectivity index (χ4n) is 3.56. The molecule has 3 aliphatic rings. The molecule has 6 heteroatoms. The van der Waals surface area contributed by atoms with E-state index < -0.39 is 0 Å². The van der Waals surface area contributed by atoms with Crippen LogP contribution < -0.4 is 10.6 Å². The van der Waals surface area contributed by atoms with Gasteiger partial charge in [-0.2, -0.15) is 0 Å². The molecule has 2 atom stereocenters. The average Bonchev–Trinajstić information content (AvgIpc) is 3.46. The van der Waals surface area contributed by atoms with Crippen LogP contribution in [0.15, 0.2) is 5.38 Å². The number of aromatic nitrogens is 1. The van der Waals surface area contributed by atoms with E-state index in [2.05, 4.69) is 25.9 Å². The molecule has 1 aromatic rings. The molecule has 2 heterocycles. The number of aryl methyl sites for hydroxylation is 1. The number of thiazole rings is 1. The normalized spacial score (nSPS) is 26.2. The number of likely N-dealkylation sites (tertiary alicyclic amines) is 1. The Morgan fingerprint density at radius 1 is 1.39 bits per heavy atom. The summed E-state index contributed by atoms with van der Waals surface area (Å²) in [5, 5.41) is 9.38. The van der Waals surface area contributed by atoms with Gasteiger partial charge in [0.25, 0.3) is 0 Å². The first-order valence-corrected chi connectivity index (χ1v) is 9.77. The first-order valence-electron chi connectivity index (χ1n) is 8.89. The molecule has 0 radical (unpaired) electrons. The molecule has 1 aliphatic heterocycles. The van der Waals surface area contributed by atoms with Crippen molar-refractivity contribution in [1.82, 2.24) is 20.5 Å². The first kappa shape index (κ1) is 15.4. The molecule has 23 heavy (non-hydrogen) atoms. The highest BCUT2D eigenvalue weighted by Crippen LogP contribution is 2.41. The quantitative estimate of drug-likeness (QED) is 0.841. The maximum atomic E-state index is 12.3. The summed E-state index contributed by atoms with van der Waals surface area (Å²) in [6.45, 7) is 5.17. The molecule has 0 spiro atoms. The number of nitrogens with zero attached hydrogens (tertiary/aromatic N) is 2. The van der Waals surface area contributed by atoms with E-state index in [-0.39, 0.29) is 12.1 Å². The summed E-state index contributed by atoms with van der Waals surface area (Å²) in [4.78, 5) is 19.5. The Morgan fingerprint density at radius 2 is 2.22 bits per heavy atom. The van der Waals surface area contributed by atoms with E-state index in [0.29, 0.717) is 11.8 Å². The molecule has 5 nitrogen and oxygen atoms in total. The third-order valence-corrected chi connectivity index (χ3v) is 6.26. The van der Waals surface area contributed by atoms with Crippen LogP contribution in [0.2, 0.25) is 0 Å². The van der Waals surface area contributed by atoms with Gasteiger partial charge in [0, 0.05) is 30.2 Å². The predicted molar refractivity (Wildman–Crippen MR) is 91.6 cm³/mol. The maximum absolute atomic E-state index is 12.3. The second kappa shape index (κ2) is 6.40. The molecule has 126 valence electrons. The minimum Gasteiger partial charge on any atom is -0.338 e. The van der Waals surface area contributed by atoms with Crippen molar-refractivity contribution in [3.8, 4) is 0 Å². The van der Waals surface area contributed by atoms with E-state index in [1.54, 1.807) is 11.3 Å².